The van der Waals surface area contributed by atoms with Gasteiger partial charge in [-0.15, -0.1) is 0 Å². The molecule has 0 amide bonds. The average molecular weight is 621 g/mol. The van der Waals surface area contributed by atoms with Crippen LogP contribution >= 0.6 is 0 Å². The van der Waals surface area contributed by atoms with E-state index >= 15 is 0 Å². The van der Waals surface area contributed by atoms with Crippen molar-refractivity contribution in [2.45, 2.75) is 0 Å². The highest BCUT2D eigenvalue weighted by Gasteiger charge is 2.13. The third-order valence-corrected chi connectivity index (χ3v) is 10.6. The molecule has 0 aliphatic carbocycles. The molecule has 1 heteroatoms. The fourth-order valence-electron chi connectivity index (χ4n) is 8.15. The molecule has 0 bridgehead atoms. The lowest BCUT2D eigenvalue weighted by molar-refractivity contribution is 0.669. The molecule has 0 fully saturated rings. The van der Waals surface area contributed by atoms with Gasteiger partial charge in [0.05, 0.1) is 0 Å². The van der Waals surface area contributed by atoms with Crippen LogP contribution in [0.2, 0.25) is 0 Å². The summed E-state index contributed by atoms with van der Waals surface area (Å²) in [7, 11) is 0. The van der Waals surface area contributed by atoms with Crippen LogP contribution in [0.4, 0.5) is 0 Å². The number of fused-ring (bicyclic) bond motifs is 13. The number of rotatable bonds is 2. The first-order valence-electron chi connectivity index (χ1n) is 16.9. The van der Waals surface area contributed by atoms with Crippen molar-refractivity contribution < 1.29 is 4.42 Å². The molecule has 0 saturated heterocycles. The van der Waals surface area contributed by atoms with Gasteiger partial charge in [0.15, 0.2) is 0 Å². The minimum absolute atomic E-state index is 0.909. The Morgan fingerprint density at radius 1 is 0.224 bits per heavy atom. The van der Waals surface area contributed by atoms with Crippen molar-refractivity contribution >= 4 is 86.6 Å². The summed E-state index contributed by atoms with van der Waals surface area (Å²) in [5.41, 5.74) is 6.60. The summed E-state index contributed by atoms with van der Waals surface area (Å²) in [6, 6.07) is 62.2. The van der Waals surface area contributed by atoms with Gasteiger partial charge >= 0.3 is 0 Å². The maximum atomic E-state index is 6.34. The van der Waals surface area contributed by atoms with Crippen molar-refractivity contribution in [1.82, 2.24) is 0 Å². The molecule has 1 aromatic heterocycles. The summed E-state index contributed by atoms with van der Waals surface area (Å²) < 4.78 is 6.34. The summed E-state index contributed by atoms with van der Waals surface area (Å²) in [4.78, 5) is 0. The number of benzene rings is 10. The van der Waals surface area contributed by atoms with Crippen molar-refractivity contribution in [2.24, 2.45) is 0 Å². The van der Waals surface area contributed by atoms with Gasteiger partial charge in [0, 0.05) is 10.8 Å². The van der Waals surface area contributed by atoms with Gasteiger partial charge in [0.2, 0.25) is 0 Å². The highest BCUT2D eigenvalue weighted by Crippen LogP contribution is 2.39. The van der Waals surface area contributed by atoms with Crippen molar-refractivity contribution in [3.05, 3.63) is 170 Å². The van der Waals surface area contributed by atoms with Crippen LogP contribution in [0, 0.1) is 0 Å². The van der Waals surface area contributed by atoms with Gasteiger partial charge in [-0.3, -0.25) is 0 Å². The van der Waals surface area contributed by atoms with Crippen molar-refractivity contribution in [2.75, 3.05) is 0 Å². The lowest BCUT2D eigenvalue weighted by atomic mass is 9.94. The highest BCUT2D eigenvalue weighted by atomic mass is 16.3. The second-order valence-electron chi connectivity index (χ2n) is 13.3. The van der Waals surface area contributed by atoms with Crippen LogP contribution < -0.4 is 0 Å². The Hall–Kier alpha value is -6.44. The van der Waals surface area contributed by atoms with E-state index in [1.54, 1.807) is 0 Å². The summed E-state index contributed by atoms with van der Waals surface area (Å²) in [6.45, 7) is 0. The van der Waals surface area contributed by atoms with Gasteiger partial charge in [0.1, 0.15) is 11.2 Å². The van der Waals surface area contributed by atoms with Gasteiger partial charge in [-0.1, -0.05) is 133 Å². The number of furan rings is 1. The van der Waals surface area contributed by atoms with E-state index in [2.05, 4.69) is 170 Å². The predicted octanol–water partition coefficient (Wildman–Crippen LogP) is 13.8. The largest absolute Gasteiger partial charge is 0.456 e. The summed E-state index contributed by atoms with van der Waals surface area (Å²) in [6.07, 6.45) is 0. The quantitative estimate of drug-likeness (QED) is 0.175. The third-order valence-electron chi connectivity index (χ3n) is 10.6. The van der Waals surface area contributed by atoms with E-state index < -0.39 is 0 Å². The first-order chi connectivity index (χ1) is 24.2. The SMILES string of the molecule is c1ccc2c(c1)ccc1c3ccc(-c4ccc5oc6ccc(-c7ccc8c(ccc9c%10ccccc%10ccc89)c7)cc6c5c4)cc3ccc21. The summed E-state index contributed by atoms with van der Waals surface area (Å²) >= 11 is 0. The van der Waals surface area contributed by atoms with Crippen molar-refractivity contribution in [3.63, 3.8) is 0 Å². The standard InChI is InChI=1S/C48H28O/c1-3-7-37-29(5-1)9-19-43-39-17-11-31(25-35(39)13-21-41(37)43)33-15-23-47-45(27-33)46-28-34(16-24-48(46)49-47)32-12-18-40-36(26-32)14-22-42-38-8-4-2-6-30(38)10-20-44(40)42/h1-28H. The lowest BCUT2D eigenvalue weighted by Crippen LogP contribution is -1.83. The molecule has 0 aliphatic heterocycles. The molecule has 0 aliphatic rings. The molecule has 11 aromatic rings. The first-order valence-corrected chi connectivity index (χ1v) is 16.9. The molecule has 0 spiro atoms. The van der Waals surface area contributed by atoms with Crippen molar-refractivity contribution in [3.8, 4) is 22.3 Å². The van der Waals surface area contributed by atoms with E-state index in [-0.39, 0.29) is 0 Å². The minimum atomic E-state index is 0.909. The van der Waals surface area contributed by atoms with E-state index in [4.69, 9.17) is 4.42 Å². The second kappa shape index (κ2) is 10.0. The van der Waals surface area contributed by atoms with Gasteiger partial charge in [-0.05, 0) is 123 Å². The second-order valence-corrected chi connectivity index (χ2v) is 13.3. The van der Waals surface area contributed by atoms with Crippen LogP contribution in [0.5, 0.6) is 0 Å². The maximum absolute atomic E-state index is 6.34. The molecular weight excluding hydrogens is 593 g/mol. The fraction of sp³-hybridized carbons (Fsp3) is 0. The number of hydrogen-bond acceptors (Lipinski definition) is 1. The Bertz CT molecular complexity index is 2950. The van der Waals surface area contributed by atoms with E-state index in [0.29, 0.717) is 0 Å². The summed E-state index contributed by atoms with van der Waals surface area (Å²) in [5.74, 6) is 0. The van der Waals surface area contributed by atoms with Crippen LogP contribution in [-0.2, 0) is 0 Å². The van der Waals surface area contributed by atoms with E-state index in [9.17, 15) is 0 Å². The Kier molecular flexibility index (Phi) is 5.45. The third kappa shape index (κ3) is 4.00. The van der Waals surface area contributed by atoms with E-state index in [1.165, 1.54) is 86.9 Å². The molecule has 1 heterocycles. The topological polar surface area (TPSA) is 13.1 Å². The van der Waals surface area contributed by atoms with Gasteiger partial charge in [-0.25, -0.2) is 0 Å². The summed E-state index contributed by atoms with van der Waals surface area (Å²) in [5, 5.41) is 17.7. The molecule has 49 heavy (non-hydrogen) atoms. The van der Waals surface area contributed by atoms with E-state index in [0.717, 1.165) is 21.9 Å². The van der Waals surface area contributed by atoms with Gasteiger partial charge in [-0.2, -0.15) is 0 Å². The fourth-order valence-corrected chi connectivity index (χ4v) is 8.15. The van der Waals surface area contributed by atoms with Crippen LogP contribution in [-0.4, -0.2) is 0 Å². The molecular formula is C48H28O. The Balaban J connectivity index is 1.01. The normalized spacial score (nSPS) is 12.1. The van der Waals surface area contributed by atoms with E-state index in [1.807, 2.05) is 0 Å². The van der Waals surface area contributed by atoms with Crippen LogP contribution in [0.1, 0.15) is 0 Å². The monoisotopic (exact) mass is 620 g/mol. The lowest BCUT2D eigenvalue weighted by Gasteiger charge is -2.10. The predicted molar refractivity (Wildman–Crippen MR) is 210 cm³/mol. The molecule has 10 aromatic carbocycles. The van der Waals surface area contributed by atoms with Crippen LogP contribution in [0.25, 0.3) is 109 Å². The maximum Gasteiger partial charge on any atom is 0.135 e. The van der Waals surface area contributed by atoms with Crippen LogP contribution in [0.15, 0.2) is 174 Å². The molecule has 0 saturated carbocycles. The minimum Gasteiger partial charge on any atom is -0.456 e. The molecule has 0 unspecified atom stereocenters. The zero-order valence-electron chi connectivity index (χ0n) is 26.6. The Morgan fingerprint density at radius 2 is 0.571 bits per heavy atom. The Morgan fingerprint density at radius 3 is 1.04 bits per heavy atom. The average Bonchev–Trinajstić information content (AvgIpc) is 3.54. The zero-order valence-corrected chi connectivity index (χ0v) is 26.6. The molecule has 1 nitrogen and oxygen atoms in total. The molecule has 226 valence electrons. The van der Waals surface area contributed by atoms with Gasteiger partial charge < -0.3 is 4.42 Å². The number of hydrogen-bond donors (Lipinski definition) is 0. The van der Waals surface area contributed by atoms with Crippen molar-refractivity contribution in [1.29, 1.82) is 0 Å². The zero-order chi connectivity index (χ0) is 32.1. The van der Waals surface area contributed by atoms with Gasteiger partial charge in [0.25, 0.3) is 0 Å². The highest BCUT2D eigenvalue weighted by molar-refractivity contribution is 6.19. The molecule has 0 radical (unpaired) electrons. The molecule has 0 N–H and O–H groups in total. The Labute approximate surface area is 282 Å². The molecule has 11 rings (SSSR count). The first kappa shape index (κ1) is 26.6. The smallest absolute Gasteiger partial charge is 0.135 e. The molecule has 0 atom stereocenters. The van der Waals surface area contributed by atoms with Crippen LogP contribution in [0.3, 0.4) is 0 Å².